The van der Waals surface area contributed by atoms with Crippen LogP contribution in [0.4, 0.5) is 11.4 Å². The number of fused-ring (bicyclic) bond motifs is 1. The molecule has 2 N–H and O–H groups in total. The second-order valence-corrected chi connectivity index (χ2v) is 5.43. The van der Waals surface area contributed by atoms with E-state index < -0.39 is 5.60 Å². The van der Waals surface area contributed by atoms with Crippen molar-refractivity contribution in [1.29, 1.82) is 0 Å². The number of nitrogens with two attached hydrogens (primary N) is 1. The van der Waals surface area contributed by atoms with Crippen LogP contribution < -0.4 is 10.5 Å². The van der Waals surface area contributed by atoms with E-state index in [4.69, 9.17) is 15.2 Å². The topological polar surface area (TPSA) is 69.7 Å². The van der Waals surface area contributed by atoms with Gasteiger partial charge in [0.05, 0.1) is 23.1 Å². The Balaban J connectivity index is 2.05. The summed E-state index contributed by atoms with van der Waals surface area (Å²) in [6, 6.07) is 9.23. The van der Waals surface area contributed by atoms with Gasteiger partial charge >= 0.3 is 0 Å². The molecule has 0 radical (unpaired) electrons. The second-order valence-electron chi connectivity index (χ2n) is 5.43. The molecule has 0 bridgehead atoms. The summed E-state index contributed by atoms with van der Waals surface area (Å²) < 4.78 is 11.7. The van der Waals surface area contributed by atoms with Gasteiger partial charge in [0.1, 0.15) is 11.4 Å². The monoisotopic (exact) mass is 283 g/mol. The van der Waals surface area contributed by atoms with Crippen LogP contribution in [0.5, 0.6) is 11.6 Å². The van der Waals surface area contributed by atoms with Crippen molar-refractivity contribution in [1.82, 2.24) is 4.98 Å². The minimum atomic E-state index is -0.508. The third kappa shape index (κ3) is 2.54. The van der Waals surface area contributed by atoms with E-state index in [-0.39, 0.29) is 0 Å². The Kier molecular flexibility index (Phi) is 3.05. The van der Waals surface area contributed by atoms with E-state index in [0.29, 0.717) is 23.2 Å². The van der Waals surface area contributed by atoms with Crippen LogP contribution in [-0.2, 0) is 10.3 Å². The molecule has 21 heavy (non-hydrogen) atoms. The molecule has 0 atom stereocenters. The Morgan fingerprint density at radius 3 is 2.71 bits per heavy atom. The SMILES string of the molecule is CC1=Nc2cccc(Oc3ccc(N)cn3)c2C(C)(C)O1. The first-order chi connectivity index (χ1) is 9.95. The minimum Gasteiger partial charge on any atom is -0.470 e. The molecule has 1 aliphatic heterocycles. The molecule has 108 valence electrons. The molecule has 0 unspecified atom stereocenters. The number of aliphatic imine (C=N–C) groups is 1. The van der Waals surface area contributed by atoms with Crippen molar-refractivity contribution in [2.75, 3.05) is 5.73 Å². The van der Waals surface area contributed by atoms with Crippen LogP contribution in [0.25, 0.3) is 0 Å². The summed E-state index contributed by atoms with van der Waals surface area (Å²) in [7, 11) is 0. The van der Waals surface area contributed by atoms with E-state index in [1.165, 1.54) is 0 Å². The van der Waals surface area contributed by atoms with Crippen molar-refractivity contribution >= 4 is 17.3 Å². The molecule has 0 spiro atoms. The summed E-state index contributed by atoms with van der Waals surface area (Å²) in [5.74, 6) is 1.82. The maximum absolute atomic E-state index is 5.89. The highest BCUT2D eigenvalue weighted by molar-refractivity contribution is 5.81. The lowest BCUT2D eigenvalue weighted by molar-refractivity contribution is 0.0866. The molecule has 1 aromatic carbocycles. The van der Waals surface area contributed by atoms with Gasteiger partial charge in [-0.25, -0.2) is 9.98 Å². The number of hydrogen-bond acceptors (Lipinski definition) is 5. The normalized spacial score (nSPS) is 15.7. The van der Waals surface area contributed by atoms with Crippen molar-refractivity contribution in [3.8, 4) is 11.6 Å². The van der Waals surface area contributed by atoms with Gasteiger partial charge in [0.2, 0.25) is 5.88 Å². The molecule has 5 heteroatoms. The first kappa shape index (κ1) is 13.4. The maximum atomic E-state index is 5.89. The zero-order chi connectivity index (χ0) is 15.0. The van der Waals surface area contributed by atoms with E-state index >= 15 is 0 Å². The predicted molar refractivity (Wildman–Crippen MR) is 82.0 cm³/mol. The fourth-order valence-electron chi connectivity index (χ4n) is 2.48. The lowest BCUT2D eigenvalue weighted by Crippen LogP contribution is -2.28. The van der Waals surface area contributed by atoms with E-state index in [1.807, 2.05) is 39.0 Å². The van der Waals surface area contributed by atoms with Gasteiger partial charge in [-0.3, -0.25) is 0 Å². The number of hydrogen-bond donors (Lipinski definition) is 1. The van der Waals surface area contributed by atoms with Crippen LogP contribution in [-0.4, -0.2) is 10.9 Å². The van der Waals surface area contributed by atoms with Crippen molar-refractivity contribution in [2.24, 2.45) is 4.99 Å². The molecular weight excluding hydrogens is 266 g/mol. The fourth-order valence-corrected chi connectivity index (χ4v) is 2.48. The number of pyridine rings is 1. The molecule has 5 nitrogen and oxygen atoms in total. The first-order valence-corrected chi connectivity index (χ1v) is 6.73. The molecule has 0 amide bonds. The Labute approximate surface area is 123 Å². The summed E-state index contributed by atoms with van der Waals surface area (Å²) in [4.78, 5) is 8.59. The summed E-state index contributed by atoms with van der Waals surface area (Å²) in [5.41, 5.74) is 7.49. The number of nitrogens with zero attached hydrogens (tertiary/aromatic N) is 2. The highest BCUT2D eigenvalue weighted by atomic mass is 16.5. The van der Waals surface area contributed by atoms with Gasteiger partial charge < -0.3 is 15.2 Å². The Bertz CT molecular complexity index is 706. The first-order valence-electron chi connectivity index (χ1n) is 6.73. The average Bonchev–Trinajstić information content (AvgIpc) is 2.40. The molecule has 0 fully saturated rings. The number of ether oxygens (including phenoxy) is 2. The van der Waals surface area contributed by atoms with Crippen molar-refractivity contribution < 1.29 is 9.47 Å². The molecule has 0 aliphatic carbocycles. The molecular formula is C16H17N3O2. The van der Waals surface area contributed by atoms with Gasteiger partial charge in [0.15, 0.2) is 5.90 Å². The highest BCUT2D eigenvalue weighted by Gasteiger charge is 2.33. The number of rotatable bonds is 2. The quantitative estimate of drug-likeness (QED) is 0.910. The molecule has 3 rings (SSSR count). The van der Waals surface area contributed by atoms with Crippen molar-refractivity contribution in [3.05, 3.63) is 42.1 Å². The van der Waals surface area contributed by atoms with Crippen LogP contribution in [0, 0.1) is 0 Å². The third-order valence-electron chi connectivity index (χ3n) is 3.26. The van der Waals surface area contributed by atoms with Gasteiger partial charge in [-0.2, -0.15) is 0 Å². The fraction of sp³-hybridized carbons (Fsp3) is 0.250. The van der Waals surface area contributed by atoms with Crippen LogP contribution in [0.2, 0.25) is 0 Å². The number of benzene rings is 1. The summed E-state index contributed by atoms with van der Waals surface area (Å²) >= 11 is 0. The van der Waals surface area contributed by atoms with Crippen molar-refractivity contribution in [2.45, 2.75) is 26.4 Å². The maximum Gasteiger partial charge on any atom is 0.219 e. The van der Waals surface area contributed by atoms with Gasteiger partial charge in [0.25, 0.3) is 0 Å². The van der Waals surface area contributed by atoms with Crippen LogP contribution in [0.15, 0.2) is 41.5 Å². The molecule has 1 aromatic heterocycles. The van der Waals surface area contributed by atoms with Gasteiger partial charge in [-0.05, 0) is 32.0 Å². The second kappa shape index (κ2) is 4.77. The number of nitrogen functional groups attached to an aromatic ring is 1. The van der Waals surface area contributed by atoms with Crippen LogP contribution in [0.3, 0.4) is 0 Å². The van der Waals surface area contributed by atoms with Gasteiger partial charge in [-0.15, -0.1) is 0 Å². The van der Waals surface area contributed by atoms with Crippen LogP contribution in [0.1, 0.15) is 26.3 Å². The third-order valence-corrected chi connectivity index (χ3v) is 3.26. The molecule has 1 aliphatic rings. The largest absolute Gasteiger partial charge is 0.470 e. The molecule has 0 saturated heterocycles. The summed E-state index contributed by atoms with van der Waals surface area (Å²) in [6.45, 7) is 5.83. The standard InChI is InChI=1S/C16H17N3O2/c1-10-19-12-5-4-6-13(15(12)16(2,3)21-10)20-14-8-7-11(17)9-18-14/h4-9H,17H2,1-3H3. The van der Waals surface area contributed by atoms with E-state index in [0.717, 1.165) is 11.3 Å². The van der Waals surface area contributed by atoms with E-state index in [1.54, 1.807) is 18.3 Å². The number of aromatic nitrogens is 1. The Hall–Kier alpha value is -2.56. The van der Waals surface area contributed by atoms with Gasteiger partial charge in [0, 0.05) is 13.0 Å². The summed E-state index contributed by atoms with van der Waals surface area (Å²) in [5, 5.41) is 0. The minimum absolute atomic E-state index is 0.486. The smallest absolute Gasteiger partial charge is 0.219 e. The molecule has 2 heterocycles. The Morgan fingerprint density at radius 2 is 2.00 bits per heavy atom. The lowest BCUT2D eigenvalue weighted by atomic mass is 9.94. The molecule has 2 aromatic rings. The van der Waals surface area contributed by atoms with E-state index in [9.17, 15) is 0 Å². The van der Waals surface area contributed by atoms with Crippen LogP contribution >= 0.6 is 0 Å². The summed E-state index contributed by atoms with van der Waals surface area (Å²) in [6.07, 6.45) is 1.56. The lowest BCUT2D eigenvalue weighted by Gasteiger charge is -2.32. The number of anilines is 1. The molecule has 0 saturated carbocycles. The predicted octanol–water partition coefficient (Wildman–Crippen LogP) is 3.77. The zero-order valence-corrected chi connectivity index (χ0v) is 12.3. The zero-order valence-electron chi connectivity index (χ0n) is 12.3. The Morgan fingerprint density at radius 1 is 1.19 bits per heavy atom. The van der Waals surface area contributed by atoms with Gasteiger partial charge in [-0.1, -0.05) is 6.07 Å². The average molecular weight is 283 g/mol. The van der Waals surface area contributed by atoms with E-state index in [2.05, 4.69) is 9.98 Å². The highest BCUT2D eigenvalue weighted by Crippen LogP contribution is 2.44. The van der Waals surface area contributed by atoms with Crippen molar-refractivity contribution in [3.63, 3.8) is 0 Å².